The highest BCUT2D eigenvalue weighted by atomic mass is 79.9. The van der Waals surface area contributed by atoms with E-state index >= 15 is 0 Å². The first-order valence-electron chi connectivity index (χ1n) is 5.27. The molecule has 1 unspecified atom stereocenters. The van der Waals surface area contributed by atoms with Crippen LogP contribution in [0.25, 0.3) is 0 Å². The molecule has 0 aliphatic carbocycles. The minimum Gasteiger partial charge on any atom is -0.493 e. The van der Waals surface area contributed by atoms with Crippen LogP contribution >= 0.6 is 15.9 Å². The van der Waals surface area contributed by atoms with E-state index in [1.807, 2.05) is 6.07 Å². The number of esters is 1. The average molecular weight is 318 g/mol. The Hall–Kier alpha value is -1.27. The zero-order chi connectivity index (χ0) is 13.7. The quantitative estimate of drug-likeness (QED) is 0.833. The Morgan fingerprint density at radius 2 is 2.00 bits per heavy atom. The number of nitrogens with two attached hydrogens (primary N) is 1. The molecular formula is C12H16BrNO4. The monoisotopic (exact) mass is 317 g/mol. The first-order valence-corrected chi connectivity index (χ1v) is 6.06. The molecule has 0 saturated carbocycles. The Kier molecular flexibility index (Phi) is 5.43. The van der Waals surface area contributed by atoms with Gasteiger partial charge in [0.25, 0.3) is 0 Å². The molecule has 0 aliphatic rings. The van der Waals surface area contributed by atoms with Gasteiger partial charge in [-0.05, 0) is 12.1 Å². The molecule has 6 heteroatoms. The number of ether oxygens (including phenoxy) is 3. The molecule has 18 heavy (non-hydrogen) atoms. The molecule has 0 aromatic heterocycles. The number of carbonyl (C=O) groups excluding carboxylic acids is 1. The molecule has 0 radical (unpaired) electrons. The normalized spacial score (nSPS) is 11.8. The molecule has 100 valence electrons. The smallest absolute Gasteiger partial charge is 0.322 e. The van der Waals surface area contributed by atoms with E-state index in [0.29, 0.717) is 17.9 Å². The molecule has 0 fully saturated rings. The van der Waals surface area contributed by atoms with Gasteiger partial charge in [-0.2, -0.15) is 0 Å². The van der Waals surface area contributed by atoms with Crippen molar-refractivity contribution in [2.75, 3.05) is 21.3 Å². The van der Waals surface area contributed by atoms with Crippen LogP contribution in [0.15, 0.2) is 16.6 Å². The van der Waals surface area contributed by atoms with Crippen LogP contribution in [0.5, 0.6) is 11.5 Å². The van der Waals surface area contributed by atoms with E-state index in [2.05, 4.69) is 20.7 Å². The Balaban J connectivity index is 3.07. The number of carbonyl (C=O) groups is 1. The van der Waals surface area contributed by atoms with Crippen molar-refractivity contribution in [3.8, 4) is 11.5 Å². The van der Waals surface area contributed by atoms with Gasteiger partial charge >= 0.3 is 5.97 Å². The van der Waals surface area contributed by atoms with Gasteiger partial charge in [0.15, 0.2) is 11.5 Å². The van der Waals surface area contributed by atoms with Crippen LogP contribution in [0, 0.1) is 0 Å². The Morgan fingerprint density at radius 1 is 1.33 bits per heavy atom. The molecule has 1 atom stereocenters. The van der Waals surface area contributed by atoms with Crippen LogP contribution < -0.4 is 15.2 Å². The standard InChI is InChI=1S/C12H16BrNO4/c1-16-10-6-8(13)4-7(11(10)17-2)5-9(14)12(15)18-3/h4,6,9H,5,14H2,1-3H3. The molecular weight excluding hydrogens is 302 g/mol. The van der Waals surface area contributed by atoms with Gasteiger partial charge in [0.2, 0.25) is 0 Å². The SMILES string of the molecule is COC(=O)C(N)Cc1cc(Br)cc(OC)c1OC. The summed E-state index contributed by atoms with van der Waals surface area (Å²) in [6.07, 6.45) is 0.311. The lowest BCUT2D eigenvalue weighted by atomic mass is 10.0. The van der Waals surface area contributed by atoms with Crippen LogP contribution in [0.1, 0.15) is 5.56 Å². The van der Waals surface area contributed by atoms with E-state index in [1.54, 1.807) is 20.3 Å². The number of benzene rings is 1. The molecule has 2 N–H and O–H groups in total. The summed E-state index contributed by atoms with van der Waals surface area (Å²) in [6, 6.07) is 2.89. The molecule has 0 heterocycles. The topological polar surface area (TPSA) is 70.8 Å². The maximum absolute atomic E-state index is 11.3. The van der Waals surface area contributed by atoms with Crippen molar-refractivity contribution in [3.63, 3.8) is 0 Å². The lowest BCUT2D eigenvalue weighted by Crippen LogP contribution is -2.33. The average Bonchev–Trinajstić information content (AvgIpc) is 2.36. The van der Waals surface area contributed by atoms with Crippen LogP contribution in [-0.4, -0.2) is 33.3 Å². The molecule has 0 amide bonds. The lowest BCUT2D eigenvalue weighted by Gasteiger charge is -2.15. The van der Waals surface area contributed by atoms with Gasteiger partial charge in [-0.15, -0.1) is 0 Å². The van der Waals surface area contributed by atoms with E-state index in [4.69, 9.17) is 15.2 Å². The van der Waals surface area contributed by atoms with Crippen molar-refractivity contribution in [2.24, 2.45) is 5.73 Å². The molecule has 0 spiro atoms. The summed E-state index contributed by atoms with van der Waals surface area (Å²) in [6.45, 7) is 0. The molecule has 0 saturated heterocycles. The second kappa shape index (κ2) is 6.61. The second-order valence-corrected chi connectivity index (χ2v) is 4.55. The fourth-order valence-electron chi connectivity index (χ4n) is 1.63. The molecule has 0 aliphatic heterocycles. The maximum atomic E-state index is 11.3. The van der Waals surface area contributed by atoms with Gasteiger partial charge in [-0.3, -0.25) is 4.79 Å². The summed E-state index contributed by atoms with van der Waals surface area (Å²) in [5, 5.41) is 0. The van der Waals surface area contributed by atoms with Crippen molar-refractivity contribution in [1.82, 2.24) is 0 Å². The van der Waals surface area contributed by atoms with Crippen molar-refractivity contribution in [2.45, 2.75) is 12.5 Å². The number of hydrogen-bond acceptors (Lipinski definition) is 5. The first-order chi connectivity index (χ1) is 8.53. The second-order valence-electron chi connectivity index (χ2n) is 3.63. The summed E-state index contributed by atoms with van der Waals surface area (Å²) in [5.41, 5.74) is 6.52. The van der Waals surface area contributed by atoms with Gasteiger partial charge in [0, 0.05) is 16.5 Å². The highest BCUT2D eigenvalue weighted by Crippen LogP contribution is 2.35. The van der Waals surface area contributed by atoms with E-state index in [9.17, 15) is 4.79 Å². The number of methoxy groups -OCH3 is 3. The Morgan fingerprint density at radius 3 is 2.50 bits per heavy atom. The highest BCUT2D eigenvalue weighted by molar-refractivity contribution is 9.10. The van der Waals surface area contributed by atoms with Crippen LogP contribution in [0.4, 0.5) is 0 Å². The van der Waals surface area contributed by atoms with Crippen molar-refractivity contribution in [1.29, 1.82) is 0 Å². The van der Waals surface area contributed by atoms with Crippen molar-refractivity contribution >= 4 is 21.9 Å². The largest absolute Gasteiger partial charge is 0.493 e. The van der Waals surface area contributed by atoms with Gasteiger partial charge < -0.3 is 19.9 Å². The molecule has 1 rings (SSSR count). The predicted molar refractivity (Wildman–Crippen MR) is 70.9 cm³/mol. The molecule has 0 bridgehead atoms. The van der Waals surface area contributed by atoms with E-state index < -0.39 is 12.0 Å². The summed E-state index contributed by atoms with van der Waals surface area (Å²) >= 11 is 3.37. The van der Waals surface area contributed by atoms with Gasteiger partial charge in [-0.25, -0.2) is 0 Å². The van der Waals surface area contributed by atoms with Gasteiger partial charge in [-0.1, -0.05) is 15.9 Å². The minimum atomic E-state index is -0.733. The van der Waals surface area contributed by atoms with E-state index in [1.165, 1.54) is 7.11 Å². The Labute approximate surface area is 114 Å². The summed E-state index contributed by atoms with van der Waals surface area (Å²) in [5.74, 6) is 0.690. The molecule has 1 aromatic carbocycles. The highest BCUT2D eigenvalue weighted by Gasteiger charge is 2.19. The van der Waals surface area contributed by atoms with Crippen LogP contribution in [0.2, 0.25) is 0 Å². The molecule has 5 nitrogen and oxygen atoms in total. The van der Waals surface area contributed by atoms with Crippen molar-refractivity contribution < 1.29 is 19.0 Å². The van der Waals surface area contributed by atoms with E-state index in [-0.39, 0.29) is 0 Å². The predicted octanol–water partition coefficient (Wildman–Crippen LogP) is 1.51. The molecule has 1 aromatic rings. The fraction of sp³-hybridized carbons (Fsp3) is 0.417. The summed E-state index contributed by atoms with van der Waals surface area (Å²) in [4.78, 5) is 11.3. The number of rotatable bonds is 5. The van der Waals surface area contributed by atoms with Crippen LogP contribution in [-0.2, 0) is 16.0 Å². The third-order valence-corrected chi connectivity index (χ3v) is 2.92. The summed E-state index contributed by atoms with van der Waals surface area (Å²) in [7, 11) is 4.40. The zero-order valence-electron chi connectivity index (χ0n) is 10.5. The number of halogens is 1. The number of hydrogen-bond donors (Lipinski definition) is 1. The zero-order valence-corrected chi connectivity index (χ0v) is 12.1. The van der Waals surface area contributed by atoms with Crippen LogP contribution in [0.3, 0.4) is 0 Å². The maximum Gasteiger partial charge on any atom is 0.322 e. The van der Waals surface area contributed by atoms with Gasteiger partial charge in [0.1, 0.15) is 6.04 Å². The third-order valence-electron chi connectivity index (χ3n) is 2.46. The first kappa shape index (κ1) is 14.8. The Bertz CT molecular complexity index is 436. The fourth-order valence-corrected chi connectivity index (χ4v) is 2.11. The lowest BCUT2D eigenvalue weighted by molar-refractivity contribution is -0.142. The third kappa shape index (κ3) is 3.36. The van der Waals surface area contributed by atoms with Gasteiger partial charge in [0.05, 0.1) is 21.3 Å². The van der Waals surface area contributed by atoms with E-state index in [0.717, 1.165) is 10.0 Å². The summed E-state index contributed by atoms with van der Waals surface area (Å²) < 4.78 is 15.9. The van der Waals surface area contributed by atoms with Crippen molar-refractivity contribution in [3.05, 3.63) is 22.2 Å². The minimum absolute atomic E-state index is 0.311.